The highest BCUT2D eigenvalue weighted by molar-refractivity contribution is 5.51. The van der Waals surface area contributed by atoms with Crippen LogP contribution in [-0.2, 0) is 13.1 Å². The third-order valence-electron chi connectivity index (χ3n) is 3.44. The quantitative estimate of drug-likeness (QED) is 0.789. The van der Waals surface area contributed by atoms with E-state index in [4.69, 9.17) is 5.73 Å². The van der Waals surface area contributed by atoms with Crippen molar-refractivity contribution in [3.05, 3.63) is 66.0 Å². The molecule has 0 saturated carbocycles. The fourth-order valence-electron chi connectivity index (χ4n) is 2.45. The number of benzene rings is 1. The highest BCUT2D eigenvalue weighted by Gasteiger charge is 2.06. The number of anilines is 1. The van der Waals surface area contributed by atoms with Gasteiger partial charge in [-0.05, 0) is 23.3 Å². The third kappa shape index (κ3) is 2.38. The number of nitrogens with two attached hydrogens (primary N) is 1. The number of imidazole rings is 1. The lowest BCUT2D eigenvalue weighted by molar-refractivity contribution is 0.880. The third-order valence-corrected chi connectivity index (χ3v) is 3.44. The molecular weight excluding hydrogens is 248 g/mol. The Bertz CT molecular complexity index is 717. The lowest BCUT2D eigenvalue weighted by Crippen LogP contribution is -2.19. The second kappa shape index (κ2) is 5.35. The van der Waals surface area contributed by atoms with Gasteiger partial charge < -0.3 is 10.6 Å². The van der Waals surface area contributed by atoms with Crippen LogP contribution in [0.4, 0.5) is 5.82 Å². The molecule has 0 saturated heterocycles. The monoisotopic (exact) mass is 266 g/mol. The average Bonchev–Trinajstić information content (AvgIpc) is 2.95. The summed E-state index contributed by atoms with van der Waals surface area (Å²) >= 11 is 0. The molecule has 0 fully saturated rings. The van der Waals surface area contributed by atoms with E-state index in [1.807, 2.05) is 24.5 Å². The van der Waals surface area contributed by atoms with Gasteiger partial charge in [-0.2, -0.15) is 0 Å². The smallest absolute Gasteiger partial charge is 0.138 e. The van der Waals surface area contributed by atoms with Crippen LogP contribution in [0.3, 0.4) is 0 Å². The molecule has 20 heavy (non-hydrogen) atoms. The zero-order valence-corrected chi connectivity index (χ0v) is 11.5. The van der Waals surface area contributed by atoms with Gasteiger partial charge in [0, 0.05) is 32.5 Å². The Hall–Kier alpha value is -2.33. The van der Waals surface area contributed by atoms with Crippen molar-refractivity contribution in [3.8, 4) is 0 Å². The highest BCUT2D eigenvalue weighted by atomic mass is 15.2. The maximum absolute atomic E-state index is 5.70. The summed E-state index contributed by atoms with van der Waals surface area (Å²) in [7, 11) is 2.09. The number of aromatic nitrogens is 2. The number of pyridine rings is 1. The highest BCUT2D eigenvalue weighted by Crippen LogP contribution is 2.17. The summed E-state index contributed by atoms with van der Waals surface area (Å²) < 4.78 is 2.09. The van der Waals surface area contributed by atoms with Gasteiger partial charge >= 0.3 is 0 Å². The van der Waals surface area contributed by atoms with Crippen LogP contribution < -0.4 is 10.6 Å². The minimum atomic E-state index is 0.578. The molecular formula is C16H18N4. The van der Waals surface area contributed by atoms with E-state index in [9.17, 15) is 0 Å². The molecule has 1 aromatic carbocycles. The van der Waals surface area contributed by atoms with Crippen LogP contribution in [-0.4, -0.2) is 16.4 Å². The number of rotatable bonds is 4. The number of hydrogen-bond donors (Lipinski definition) is 1. The summed E-state index contributed by atoms with van der Waals surface area (Å²) in [6.45, 7) is 1.42. The summed E-state index contributed by atoms with van der Waals surface area (Å²) in [6, 6.07) is 14.5. The van der Waals surface area contributed by atoms with Crippen LogP contribution in [0.25, 0.3) is 5.65 Å². The maximum Gasteiger partial charge on any atom is 0.138 e. The largest absolute Gasteiger partial charge is 0.356 e. The van der Waals surface area contributed by atoms with Gasteiger partial charge in [0.05, 0.1) is 0 Å². The molecule has 0 amide bonds. The number of fused-ring (bicyclic) bond motifs is 1. The second-order valence-electron chi connectivity index (χ2n) is 4.92. The van der Waals surface area contributed by atoms with Crippen molar-refractivity contribution in [2.24, 2.45) is 5.73 Å². The number of nitrogens with zero attached hydrogens (tertiary/aromatic N) is 3. The fraction of sp³-hybridized carbons (Fsp3) is 0.188. The normalized spacial score (nSPS) is 10.9. The van der Waals surface area contributed by atoms with E-state index in [0.717, 1.165) is 23.6 Å². The first kappa shape index (κ1) is 12.7. The van der Waals surface area contributed by atoms with Gasteiger partial charge in [-0.25, -0.2) is 4.98 Å². The van der Waals surface area contributed by atoms with Gasteiger partial charge in [-0.1, -0.05) is 30.3 Å². The molecule has 0 radical (unpaired) electrons. The van der Waals surface area contributed by atoms with E-state index in [1.165, 1.54) is 5.56 Å². The van der Waals surface area contributed by atoms with Crippen molar-refractivity contribution in [1.29, 1.82) is 0 Å². The minimum Gasteiger partial charge on any atom is -0.356 e. The molecule has 0 spiro atoms. The Kier molecular flexibility index (Phi) is 3.39. The van der Waals surface area contributed by atoms with Gasteiger partial charge in [-0.3, -0.25) is 4.40 Å². The molecule has 3 aromatic rings. The molecule has 2 aromatic heterocycles. The molecule has 2 heterocycles. The zero-order valence-electron chi connectivity index (χ0n) is 11.5. The number of hydrogen-bond acceptors (Lipinski definition) is 3. The van der Waals surface area contributed by atoms with E-state index in [-0.39, 0.29) is 0 Å². The molecule has 4 heteroatoms. The summed E-state index contributed by atoms with van der Waals surface area (Å²) in [4.78, 5) is 6.53. The van der Waals surface area contributed by atoms with Crippen LogP contribution in [0.2, 0.25) is 0 Å². The van der Waals surface area contributed by atoms with E-state index in [2.05, 4.69) is 51.7 Å². The molecule has 0 atom stereocenters. The second-order valence-corrected chi connectivity index (χ2v) is 4.92. The Balaban J connectivity index is 1.88. The van der Waals surface area contributed by atoms with Gasteiger partial charge in [0.25, 0.3) is 0 Å². The molecule has 0 bridgehead atoms. The van der Waals surface area contributed by atoms with E-state index in [1.54, 1.807) is 0 Å². The Labute approximate surface area is 118 Å². The molecule has 0 aliphatic carbocycles. The van der Waals surface area contributed by atoms with Crippen molar-refractivity contribution in [2.45, 2.75) is 13.1 Å². The zero-order chi connectivity index (χ0) is 13.9. The fourth-order valence-corrected chi connectivity index (χ4v) is 2.45. The predicted octanol–water partition coefficient (Wildman–Crippen LogP) is 2.43. The summed E-state index contributed by atoms with van der Waals surface area (Å²) in [6.07, 6.45) is 3.80. The summed E-state index contributed by atoms with van der Waals surface area (Å²) in [5.74, 6) is 1.12. The van der Waals surface area contributed by atoms with Crippen molar-refractivity contribution in [1.82, 2.24) is 9.38 Å². The molecule has 4 nitrogen and oxygen atoms in total. The summed E-state index contributed by atoms with van der Waals surface area (Å²) in [5.41, 5.74) is 9.08. The predicted molar refractivity (Wildman–Crippen MR) is 81.6 cm³/mol. The van der Waals surface area contributed by atoms with E-state index >= 15 is 0 Å². The van der Waals surface area contributed by atoms with Gasteiger partial charge in [0.1, 0.15) is 11.5 Å². The Morgan fingerprint density at radius 1 is 1.15 bits per heavy atom. The summed E-state index contributed by atoms with van der Waals surface area (Å²) in [5, 5.41) is 0. The first-order valence-corrected chi connectivity index (χ1v) is 6.69. The van der Waals surface area contributed by atoms with Crippen LogP contribution in [0.15, 0.2) is 54.9 Å². The van der Waals surface area contributed by atoms with Gasteiger partial charge in [0.15, 0.2) is 0 Å². The molecule has 0 aliphatic rings. The standard InChI is InChI=1S/C16H18N4/c1-19(12-14-5-2-4-13(10-14)11-17)16-7-3-6-15-18-8-9-20(15)16/h2-10H,11-12,17H2,1H3. The molecule has 0 unspecified atom stereocenters. The maximum atomic E-state index is 5.70. The topological polar surface area (TPSA) is 46.6 Å². The molecule has 3 rings (SSSR count). The molecule has 102 valence electrons. The van der Waals surface area contributed by atoms with E-state index in [0.29, 0.717) is 6.54 Å². The first-order chi connectivity index (χ1) is 9.78. The van der Waals surface area contributed by atoms with Crippen molar-refractivity contribution in [2.75, 3.05) is 11.9 Å². The van der Waals surface area contributed by atoms with Crippen LogP contribution in [0.5, 0.6) is 0 Å². The average molecular weight is 266 g/mol. The molecule has 0 aliphatic heterocycles. The Morgan fingerprint density at radius 2 is 1.95 bits per heavy atom. The molecule has 2 N–H and O–H groups in total. The van der Waals surface area contributed by atoms with Crippen molar-refractivity contribution in [3.63, 3.8) is 0 Å². The van der Waals surface area contributed by atoms with Crippen LogP contribution >= 0.6 is 0 Å². The van der Waals surface area contributed by atoms with Crippen molar-refractivity contribution < 1.29 is 0 Å². The Morgan fingerprint density at radius 3 is 2.80 bits per heavy atom. The van der Waals surface area contributed by atoms with Crippen molar-refractivity contribution >= 4 is 11.5 Å². The van der Waals surface area contributed by atoms with E-state index < -0.39 is 0 Å². The van der Waals surface area contributed by atoms with Gasteiger partial charge in [-0.15, -0.1) is 0 Å². The minimum absolute atomic E-state index is 0.578. The lowest BCUT2D eigenvalue weighted by atomic mass is 10.1. The van der Waals surface area contributed by atoms with Crippen LogP contribution in [0, 0.1) is 0 Å². The SMILES string of the molecule is CN(Cc1cccc(CN)c1)c1cccc2nccn12. The first-order valence-electron chi connectivity index (χ1n) is 6.69. The van der Waals surface area contributed by atoms with Crippen LogP contribution in [0.1, 0.15) is 11.1 Å². The van der Waals surface area contributed by atoms with Gasteiger partial charge in [0.2, 0.25) is 0 Å². The lowest BCUT2D eigenvalue weighted by Gasteiger charge is -2.21.